The van der Waals surface area contributed by atoms with Crippen molar-refractivity contribution in [2.24, 2.45) is 11.7 Å². The summed E-state index contributed by atoms with van der Waals surface area (Å²) in [5.74, 6) is 0.281. The van der Waals surface area contributed by atoms with E-state index in [-0.39, 0.29) is 30.0 Å². The van der Waals surface area contributed by atoms with Gasteiger partial charge in [-0.1, -0.05) is 13.8 Å². The van der Waals surface area contributed by atoms with Gasteiger partial charge >= 0.3 is 0 Å². The summed E-state index contributed by atoms with van der Waals surface area (Å²) in [4.78, 5) is 13.4. The SMILES string of the molecule is CC(C)C(N)C(=O)N(C)CCOc1ccc(F)cc1.Cl. The standard InChI is InChI=1S/C14H21FN2O2.ClH/c1-10(2)13(16)14(18)17(3)8-9-19-12-6-4-11(15)5-7-12;/h4-7,10,13H,8-9,16H2,1-3H3;1H. The number of ether oxygens (including phenoxy) is 1. The molecule has 20 heavy (non-hydrogen) atoms. The van der Waals surface area contributed by atoms with E-state index in [4.69, 9.17) is 10.5 Å². The summed E-state index contributed by atoms with van der Waals surface area (Å²) in [5.41, 5.74) is 5.79. The summed E-state index contributed by atoms with van der Waals surface area (Å²) in [7, 11) is 1.69. The maximum absolute atomic E-state index is 12.7. The number of carbonyl (C=O) groups is 1. The smallest absolute Gasteiger partial charge is 0.239 e. The Morgan fingerprint density at radius 2 is 1.90 bits per heavy atom. The Morgan fingerprint density at radius 3 is 2.40 bits per heavy atom. The molecule has 2 N–H and O–H groups in total. The molecule has 1 atom stereocenters. The molecule has 1 amide bonds. The van der Waals surface area contributed by atoms with E-state index < -0.39 is 6.04 Å². The first-order chi connectivity index (χ1) is 8.91. The molecule has 6 heteroatoms. The lowest BCUT2D eigenvalue weighted by Gasteiger charge is -2.23. The zero-order valence-corrected chi connectivity index (χ0v) is 12.8. The number of benzene rings is 1. The van der Waals surface area contributed by atoms with Crippen LogP contribution in [-0.2, 0) is 4.79 Å². The van der Waals surface area contributed by atoms with Crippen molar-refractivity contribution >= 4 is 18.3 Å². The van der Waals surface area contributed by atoms with Gasteiger partial charge in [-0.2, -0.15) is 0 Å². The molecule has 4 nitrogen and oxygen atoms in total. The van der Waals surface area contributed by atoms with Gasteiger partial charge < -0.3 is 15.4 Å². The van der Waals surface area contributed by atoms with E-state index in [2.05, 4.69) is 0 Å². The normalized spacial score (nSPS) is 11.7. The quantitative estimate of drug-likeness (QED) is 0.875. The average Bonchev–Trinajstić information content (AvgIpc) is 2.39. The topological polar surface area (TPSA) is 55.6 Å². The summed E-state index contributed by atoms with van der Waals surface area (Å²) >= 11 is 0. The molecule has 0 saturated heterocycles. The number of hydrogen-bond acceptors (Lipinski definition) is 3. The summed E-state index contributed by atoms with van der Waals surface area (Å²) in [6.07, 6.45) is 0. The minimum Gasteiger partial charge on any atom is -0.492 e. The molecule has 0 aliphatic heterocycles. The molecular weight excluding hydrogens is 283 g/mol. The van der Waals surface area contributed by atoms with Crippen molar-refractivity contribution in [3.05, 3.63) is 30.1 Å². The van der Waals surface area contributed by atoms with Crippen LogP contribution >= 0.6 is 12.4 Å². The number of likely N-dealkylation sites (N-methyl/N-ethyl adjacent to an activating group) is 1. The van der Waals surface area contributed by atoms with E-state index in [0.29, 0.717) is 18.9 Å². The fourth-order valence-corrected chi connectivity index (χ4v) is 1.48. The number of carbonyl (C=O) groups excluding carboxylic acids is 1. The van der Waals surface area contributed by atoms with Gasteiger partial charge in [0.05, 0.1) is 12.6 Å². The Balaban J connectivity index is 0.00000361. The molecule has 0 fully saturated rings. The van der Waals surface area contributed by atoms with Crippen molar-refractivity contribution in [2.75, 3.05) is 20.2 Å². The fraction of sp³-hybridized carbons (Fsp3) is 0.500. The van der Waals surface area contributed by atoms with Crippen LogP contribution in [0.15, 0.2) is 24.3 Å². The van der Waals surface area contributed by atoms with E-state index in [0.717, 1.165) is 0 Å². The van der Waals surface area contributed by atoms with Crippen LogP contribution < -0.4 is 10.5 Å². The van der Waals surface area contributed by atoms with Crippen LogP contribution in [0, 0.1) is 11.7 Å². The summed E-state index contributed by atoms with van der Waals surface area (Å²) in [6.45, 7) is 4.60. The lowest BCUT2D eigenvalue weighted by molar-refractivity contribution is -0.132. The van der Waals surface area contributed by atoms with Crippen molar-refractivity contribution in [1.82, 2.24) is 4.90 Å². The monoisotopic (exact) mass is 304 g/mol. The maximum Gasteiger partial charge on any atom is 0.239 e. The second-order valence-electron chi connectivity index (χ2n) is 4.83. The second-order valence-corrected chi connectivity index (χ2v) is 4.83. The molecule has 0 saturated carbocycles. The summed E-state index contributed by atoms with van der Waals surface area (Å²) < 4.78 is 18.1. The minimum absolute atomic E-state index is 0. The average molecular weight is 305 g/mol. The highest BCUT2D eigenvalue weighted by molar-refractivity contribution is 5.85. The third kappa shape index (κ3) is 5.75. The number of amides is 1. The fourth-order valence-electron chi connectivity index (χ4n) is 1.48. The van der Waals surface area contributed by atoms with Gasteiger partial charge in [-0.25, -0.2) is 4.39 Å². The van der Waals surface area contributed by atoms with E-state index in [1.807, 2.05) is 13.8 Å². The highest BCUT2D eigenvalue weighted by Gasteiger charge is 2.20. The first-order valence-electron chi connectivity index (χ1n) is 6.30. The third-order valence-electron chi connectivity index (χ3n) is 2.89. The van der Waals surface area contributed by atoms with Gasteiger partial charge in [0.15, 0.2) is 0 Å². The van der Waals surface area contributed by atoms with Crippen LogP contribution in [-0.4, -0.2) is 37.0 Å². The van der Waals surface area contributed by atoms with Crippen LogP contribution in [0.1, 0.15) is 13.8 Å². The van der Waals surface area contributed by atoms with Gasteiger partial charge in [-0.15, -0.1) is 12.4 Å². The van der Waals surface area contributed by atoms with Crippen molar-refractivity contribution in [3.8, 4) is 5.75 Å². The van der Waals surface area contributed by atoms with Gasteiger partial charge in [-0.05, 0) is 30.2 Å². The number of halogens is 2. The molecule has 1 unspecified atom stereocenters. The Morgan fingerprint density at radius 1 is 1.35 bits per heavy atom. The second kappa shape index (κ2) is 8.76. The Labute approximate surface area is 125 Å². The van der Waals surface area contributed by atoms with E-state index >= 15 is 0 Å². The van der Waals surface area contributed by atoms with Crippen molar-refractivity contribution < 1.29 is 13.9 Å². The summed E-state index contributed by atoms with van der Waals surface area (Å²) in [6, 6.07) is 5.28. The molecule has 0 radical (unpaired) electrons. The highest BCUT2D eigenvalue weighted by Crippen LogP contribution is 2.11. The minimum atomic E-state index is -0.490. The zero-order chi connectivity index (χ0) is 14.4. The highest BCUT2D eigenvalue weighted by atomic mass is 35.5. The molecule has 0 aliphatic rings. The lowest BCUT2D eigenvalue weighted by Crippen LogP contribution is -2.46. The van der Waals surface area contributed by atoms with Crippen LogP contribution in [0.25, 0.3) is 0 Å². The first-order valence-corrected chi connectivity index (χ1v) is 6.30. The van der Waals surface area contributed by atoms with E-state index in [1.54, 1.807) is 24.1 Å². The van der Waals surface area contributed by atoms with E-state index in [1.165, 1.54) is 12.1 Å². The van der Waals surface area contributed by atoms with E-state index in [9.17, 15) is 9.18 Å². The Kier molecular flexibility index (Phi) is 8.18. The molecule has 1 rings (SSSR count). The predicted molar refractivity (Wildman–Crippen MR) is 79.6 cm³/mol. The third-order valence-corrected chi connectivity index (χ3v) is 2.89. The molecular formula is C14H22ClFN2O2. The lowest BCUT2D eigenvalue weighted by atomic mass is 10.0. The summed E-state index contributed by atoms with van der Waals surface area (Å²) in [5, 5.41) is 0. The zero-order valence-electron chi connectivity index (χ0n) is 12.0. The van der Waals surface area contributed by atoms with Gasteiger partial charge in [0.25, 0.3) is 0 Å². The molecule has 0 bridgehead atoms. The number of hydrogen-bond donors (Lipinski definition) is 1. The predicted octanol–water partition coefficient (Wildman–Crippen LogP) is 2.07. The largest absolute Gasteiger partial charge is 0.492 e. The van der Waals surface area contributed by atoms with Gasteiger partial charge in [0.1, 0.15) is 18.2 Å². The number of nitrogens with two attached hydrogens (primary N) is 1. The maximum atomic E-state index is 12.7. The van der Waals surface area contributed by atoms with Crippen molar-refractivity contribution in [3.63, 3.8) is 0 Å². The first kappa shape index (κ1) is 18.7. The van der Waals surface area contributed by atoms with Gasteiger partial charge in [-0.3, -0.25) is 4.79 Å². The Hall–Kier alpha value is -1.33. The molecule has 0 aliphatic carbocycles. The molecule has 0 aromatic heterocycles. The van der Waals surface area contributed by atoms with Crippen molar-refractivity contribution in [1.29, 1.82) is 0 Å². The number of rotatable bonds is 6. The molecule has 1 aromatic carbocycles. The molecule has 114 valence electrons. The van der Waals surface area contributed by atoms with Gasteiger partial charge in [0, 0.05) is 7.05 Å². The van der Waals surface area contributed by atoms with Crippen LogP contribution in [0.5, 0.6) is 5.75 Å². The van der Waals surface area contributed by atoms with Crippen LogP contribution in [0.4, 0.5) is 4.39 Å². The van der Waals surface area contributed by atoms with Gasteiger partial charge in [0.2, 0.25) is 5.91 Å². The van der Waals surface area contributed by atoms with Crippen molar-refractivity contribution in [2.45, 2.75) is 19.9 Å². The van der Waals surface area contributed by atoms with Crippen LogP contribution in [0.3, 0.4) is 0 Å². The molecule has 1 aromatic rings. The Bertz CT molecular complexity index is 412. The number of nitrogens with zero attached hydrogens (tertiary/aromatic N) is 1. The molecule has 0 heterocycles. The van der Waals surface area contributed by atoms with Crippen LogP contribution in [0.2, 0.25) is 0 Å². The molecule has 0 spiro atoms.